The Balaban J connectivity index is 1.44. The van der Waals surface area contributed by atoms with Crippen molar-refractivity contribution in [3.63, 3.8) is 0 Å². The van der Waals surface area contributed by atoms with Crippen LogP contribution in [0.3, 0.4) is 0 Å². The largest absolute Gasteiger partial charge is 0.379 e. The number of aryl methyl sites for hydroxylation is 1. The highest BCUT2D eigenvalue weighted by molar-refractivity contribution is 5.94. The number of imidazole rings is 1. The van der Waals surface area contributed by atoms with Crippen LogP contribution in [-0.4, -0.2) is 104 Å². The number of hydrogen-bond donors (Lipinski definition) is 2. The number of ether oxygens (including phenoxy) is 1. The molecule has 0 aliphatic carbocycles. The maximum Gasteiger partial charge on any atom is 0.317 e. The Labute approximate surface area is 188 Å². The average Bonchev–Trinajstić information content (AvgIpc) is 3.40. The third-order valence-electron chi connectivity index (χ3n) is 6.09. The van der Waals surface area contributed by atoms with Gasteiger partial charge in [0.1, 0.15) is 11.5 Å². The van der Waals surface area contributed by atoms with Gasteiger partial charge < -0.3 is 25.2 Å². The standard InChI is InChI=1S/C22H33N7O3/c1-3-18-21(26(2)10-11-27-12-14-32-15-13-27)29-16-17(4-5-19(29)25-18)20(30)23-6-8-28-9-7-24-22(28)31/h4-5,16H,3,6-15H2,1-2H3,(H,23,30)(H,24,31). The lowest BCUT2D eigenvalue weighted by molar-refractivity contribution is 0.0392. The molecule has 4 heterocycles. The summed E-state index contributed by atoms with van der Waals surface area (Å²) < 4.78 is 7.46. The molecule has 2 aromatic rings. The first-order valence-corrected chi connectivity index (χ1v) is 11.4. The van der Waals surface area contributed by atoms with Crippen molar-refractivity contribution < 1.29 is 14.3 Å². The molecule has 0 saturated carbocycles. The third-order valence-corrected chi connectivity index (χ3v) is 6.09. The van der Waals surface area contributed by atoms with E-state index in [1.165, 1.54) is 0 Å². The van der Waals surface area contributed by atoms with Crippen molar-refractivity contribution in [3.05, 3.63) is 29.6 Å². The zero-order valence-corrected chi connectivity index (χ0v) is 19.0. The Kier molecular flexibility index (Phi) is 7.11. The van der Waals surface area contributed by atoms with Crippen LogP contribution in [0.4, 0.5) is 10.6 Å². The van der Waals surface area contributed by atoms with E-state index in [9.17, 15) is 9.59 Å². The van der Waals surface area contributed by atoms with Crippen LogP contribution < -0.4 is 15.5 Å². The van der Waals surface area contributed by atoms with Gasteiger partial charge in [0, 0.05) is 65.6 Å². The maximum atomic E-state index is 12.7. The van der Waals surface area contributed by atoms with Gasteiger partial charge in [0.15, 0.2) is 0 Å². The highest BCUT2D eigenvalue weighted by atomic mass is 16.5. The van der Waals surface area contributed by atoms with Crippen molar-refractivity contribution in [2.45, 2.75) is 13.3 Å². The second-order valence-electron chi connectivity index (χ2n) is 8.23. The van der Waals surface area contributed by atoms with Crippen LogP contribution in [-0.2, 0) is 11.2 Å². The number of hydrogen-bond acceptors (Lipinski definition) is 6. The van der Waals surface area contributed by atoms with E-state index in [1.54, 1.807) is 11.0 Å². The molecule has 0 bridgehead atoms. The number of fused-ring (bicyclic) bond motifs is 1. The molecule has 10 nitrogen and oxygen atoms in total. The lowest BCUT2D eigenvalue weighted by Crippen LogP contribution is -2.41. The molecule has 0 radical (unpaired) electrons. The van der Waals surface area contributed by atoms with Gasteiger partial charge in [0.05, 0.1) is 24.5 Å². The fraction of sp³-hybridized carbons (Fsp3) is 0.591. The molecule has 32 heavy (non-hydrogen) atoms. The molecule has 2 fully saturated rings. The molecular formula is C22H33N7O3. The summed E-state index contributed by atoms with van der Waals surface area (Å²) in [5.74, 6) is 0.874. The topological polar surface area (TPSA) is 94.5 Å². The molecule has 3 amide bonds. The van der Waals surface area contributed by atoms with Crippen LogP contribution >= 0.6 is 0 Å². The summed E-state index contributed by atoms with van der Waals surface area (Å²) in [4.78, 5) is 35.5. The van der Waals surface area contributed by atoms with E-state index in [0.29, 0.717) is 31.7 Å². The molecule has 4 rings (SSSR count). The van der Waals surface area contributed by atoms with Gasteiger partial charge in [-0.25, -0.2) is 9.78 Å². The van der Waals surface area contributed by atoms with Crippen molar-refractivity contribution in [2.24, 2.45) is 0 Å². The third kappa shape index (κ3) is 4.97. The molecule has 2 aromatic heterocycles. The number of aromatic nitrogens is 2. The molecule has 0 atom stereocenters. The highest BCUT2D eigenvalue weighted by Crippen LogP contribution is 2.23. The first-order chi connectivity index (χ1) is 15.6. The summed E-state index contributed by atoms with van der Waals surface area (Å²) in [5.41, 5.74) is 2.43. The van der Waals surface area contributed by atoms with Crippen LogP contribution in [0.15, 0.2) is 18.3 Å². The number of carbonyl (C=O) groups excluding carboxylic acids is 2. The van der Waals surface area contributed by atoms with Crippen LogP contribution in [0.25, 0.3) is 5.65 Å². The summed E-state index contributed by atoms with van der Waals surface area (Å²) in [6.45, 7) is 9.69. The molecule has 10 heteroatoms. The molecule has 2 N–H and O–H groups in total. The number of urea groups is 1. The summed E-state index contributed by atoms with van der Waals surface area (Å²) in [7, 11) is 2.08. The number of pyridine rings is 1. The Morgan fingerprint density at radius 3 is 2.78 bits per heavy atom. The number of carbonyl (C=O) groups is 2. The van der Waals surface area contributed by atoms with Gasteiger partial charge >= 0.3 is 6.03 Å². The molecule has 2 aliphatic rings. The van der Waals surface area contributed by atoms with Gasteiger partial charge in [-0.2, -0.15) is 0 Å². The fourth-order valence-corrected chi connectivity index (χ4v) is 4.21. The average molecular weight is 444 g/mol. The normalized spacial score (nSPS) is 17.1. The maximum absolute atomic E-state index is 12.7. The predicted octanol–water partition coefficient (Wildman–Crippen LogP) is 0.420. The van der Waals surface area contributed by atoms with E-state index in [1.807, 2.05) is 16.7 Å². The molecule has 0 spiro atoms. The van der Waals surface area contributed by atoms with E-state index in [4.69, 9.17) is 9.72 Å². The minimum Gasteiger partial charge on any atom is -0.379 e. The molecule has 2 saturated heterocycles. The van der Waals surface area contributed by atoms with Crippen LogP contribution in [0.2, 0.25) is 0 Å². The van der Waals surface area contributed by atoms with Gasteiger partial charge in [0.25, 0.3) is 5.91 Å². The number of likely N-dealkylation sites (N-methyl/N-ethyl adjacent to an activating group) is 1. The minimum absolute atomic E-state index is 0.0732. The quantitative estimate of drug-likeness (QED) is 0.584. The molecule has 2 aliphatic heterocycles. The summed E-state index contributed by atoms with van der Waals surface area (Å²) >= 11 is 0. The summed E-state index contributed by atoms with van der Waals surface area (Å²) in [6.07, 6.45) is 2.68. The summed E-state index contributed by atoms with van der Waals surface area (Å²) in [5, 5.41) is 5.69. The number of rotatable bonds is 9. The Morgan fingerprint density at radius 1 is 1.25 bits per heavy atom. The SMILES string of the molecule is CCc1nc2ccc(C(=O)NCCN3CCNC3=O)cn2c1N(C)CCN1CCOCC1. The van der Waals surface area contributed by atoms with Crippen molar-refractivity contribution >= 4 is 23.4 Å². The van der Waals surface area contributed by atoms with Gasteiger partial charge in [0.2, 0.25) is 0 Å². The van der Waals surface area contributed by atoms with Gasteiger partial charge in [-0.3, -0.25) is 14.1 Å². The van der Waals surface area contributed by atoms with Crippen LogP contribution in [0.5, 0.6) is 0 Å². The number of nitrogens with one attached hydrogen (secondary N) is 2. The fourth-order valence-electron chi connectivity index (χ4n) is 4.21. The van der Waals surface area contributed by atoms with Gasteiger partial charge in [-0.15, -0.1) is 0 Å². The number of morpholine rings is 1. The lowest BCUT2D eigenvalue weighted by Gasteiger charge is -2.29. The predicted molar refractivity (Wildman–Crippen MR) is 122 cm³/mol. The van der Waals surface area contributed by atoms with E-state index in [-0.39, 0.29) is 11.9 Å². The van der Waals surface area contributed by atoms with E-state index in [0.717, 1.165) is 63.0 Å². The van der Waals surface area contributed by atoms with E-state index in [2.05, 4.69) is 34.4 Å². The lowest BCUT2D eigenvalue weighted by atomic mass is 10.2. The smallest absolute Gasteiger partial charge is 0.317 e. The first kappa shape index (κ1) is 22.3. The van der Waals surface area contributed by atoms with Crippen LogP contribution in [0.1, 0.15) is 23.0 Å². The van der Waals surface area contributed by atoms with Crippen molar-refractivity contribution in [2.75, 3.05) is 77.5 Å². The second kappa shape index (κ2) is 10.2. The van der Waals surface area contributed by atoms with Gasteiger partial charge in [-0.1, -0.05) is 6.92 Å². The zero-order chi connectivity index (χ0) is 22.5. The van der Waals surface area contributed by atoms with Crippen LogP contribution in [0, 0.1) is 0 Å². The Hall–Kier alpha value is -2.85. The summed E-state index contributed by atoms with van der Waals surface area (Å²) in [6, 6.07) is 3.62. The van der Waals surface area contributed by atoms with Gasteiger partial charge in [-0.05, 0) is 18.6 Å². The van der Waals surface area contributed by atoms with E-state index >= 15 is 0 Å². The molecule has 174 valence electrons. The van der Waals surface area contributed by atoms with E-state index < -0.39 is 0 Å². The molecule has 0 aromatic carbocycles. The number of nitrogens with zero attached hydrogens (tertiary/aromatic N) is 5. The zero-order valence-electron chi connectivity index (χ0n) is 19.0. The monoisotopic (exact) mass is 443 g/mol. The van der Waals surface area contributed by atoms with Crippen molar-refractivity contribution in [3.8, 4) is 0 Å². The highest BCUT2D eigenvalue weighted by Gasteiger charge is 2.20. The Bertz CT molecular complexity index is 954. The molecule has 0 unspecified atom stereocenters. The minimum atomic E-state index is -0.153. The second-order valence-corrected chi connectivity index (χ2v) is 8.23. The molecular weight excluding hydrogens is 410 g/mol. The van der Waals surface area contributed by atoms with Crippen molar-refractivity contribution in [1.29, 1.82) is 0 Å². The first-order valence-electron chi connectivity index (χ1n) is 11.4. The number of amides is 3. The number of anilines is 1. The Morgan fingerprint density at radius 2 is 2.06 bits per heavy atom. The van der Waals surface area contributed by atoms with Crippen molar-refractivity contribution in [1.82, 2.24) is 29.8 Å².